The van der Waals surface area contributed by atoms with E-state index in [4.69, 9.17) is 5.11 Å². The summed E-state index contributed by atoms with van der Waals surface area (Å²) in [6.07, 6.45) is -0.0489. The maximum atomic E-state index is 10.9. The highest BCUT2D eigenvalue weighted by molar-refractivity contribution is 5.78. The van der Waals surface area contributed by atoms with Crippen LogP contribution in [0.25, 0.3) is 0 Å². The van der Waals surface area contributed by atoms with Crippen LogP contribution in [0.1, 0.15) is 12.8 Å². The summed E-state index contributed by atoms with van der Waals surface area (Å²) in [5.74, 6) is -0.181. The largest absolute Gasteiger partial charge is 0.446 e. The monoisotopic (exact) mass is 159 g/mol. The number of rotatable bonds is 3. The van der Waals surface area contributed by atoms with Crippen LogP contribution in [0.2, 0.25) is 0 Å². The average Bonchev–Trinajstić information content (AvgIpc) is 2.29. The van der Waals surface area contributed by atoms with Crippen LogP contribution in [0.5, 0.6) is 0 Å². The molecule has 0 aromatic heterocycles. The lowest BCUT2D eigenvalue weighted by Crippen LogP contribution is -2.34. The molecule has 1 heterocycles. The minimum Gasteiger partial charge on any atom is -0.446 e. The SMILES string of the molecule is O=COCN1C(=O)CCC1O. The van der Waals surface area contributed by atoms with Crippen LogP contribution in [-0.2, 0) is 14.3 Å². The van der Waals surface area contributed by atoms with Gasteiger partial charge in [-0.05, 0) is 0 Å². The molecule has 1 aliphatic heterocycles. The van der Waals surface area contributed by atoms with Gasteiger partial charge >= 0.3 is 0 Å². The van der Waals surface area contributed by atoms with E-state index in [1.165, 1.54) is 0 Å². The molecule has 1 unspecified atom stereocenters. The number of likely N-dealkylation sites (tertiary alicyclic amines) is 1. The van der Waals surface area contributed by atoms with E-state index in [9.17, 15) is 9.59 Å². The Kier molecular flexibility index (Phi) is 2.43. The molecule has 0 aromatic rings. The van der Waals surface area contributed by atoms with Crippen molar-refractivity contribution in [2.75, 3.05) is 6.73 Å². The first kappa shape index (κ1) is 8.00. The molecule has 1 fully saturated rings. The number of aliphatic hydroxyl groups excluding tert-OH is 1. The summed E-state index contributed by atoms with van der Waals surface area (Å²) < 4.78 is 4.32. The third-order valence-electron chi connectivity index (χ3n) is 1.58. The minimum absolute atomic E-state index is 0.149. The van der Waals surface area contributed by atoms with E-state index >= 15 is 0 Å². The van der Waals surface area contributed by atoms with Crippen molar-refractivity contribution in [3.8, 4) is 0 Å². The predicted octanol–water partition coefficient (Wildman–Crippen LogP) is -0.942. The predicted molar refractivity (Wildman–Crippen MR) is 34.1 cm³/mol. The Bertz CT molecular complexity index is 170. The van der Waals surface area contributed by atoms with Gasteiger partial charge in [-0.2, -0.15) is 0 Å². The lowest BCUT2D eigenvalue weighted by atomic mass is 10.4. The van der Waals surface area contributed by atoms with Gasteiger partial charge < -0.3 is 9.84 Å². The van der Waals surface area contributed by atoms with Crippen molar-refractivity contribution >= 4 is 12.4 Å². The lowest BCUT2D eigenvalue weighted by molar-refractivity contribution is -0.147. The van der Waals surface area contributed by atoms with Crippen LogP contribution in [0.4, 0.5) is 0 Å². The van der Waals surface area contributed by atoms with Crippen molar-refractivity contribution in [3.05, 3.63) is 0 Å². The minimum atomic E-state index is -0.789. The lowest BCUT2D eigenvalue weighted by Gasteiger charge is -2.17. The molecule has 0 spiro atoms. The van der Waals surface area contributed by atoms with Gasteiger partial charge in [0.1, 0.15) is 6.23 Å². The van der Waals surface area contributed by atoms with Crippen LogP contribution < -0.4 is 0 Å². The van der Waals surface area contributed by atoms with Crippen LogP contribution >= 0.6 is 0 Å². The fourth-order valence-corrected chi connectivity index (χ4v) is 0.987. The van der Waals surface area contributed by atoms with Gasteiger partial charge in [0.05, 0.1) is 0 Å². The van der Waals surface area contributed by atoms with Crippen molar-refractivity contribution in [3.63, 3.8) is 0 Å². The number of hydrogen-bond donors (Lipinski definition) is 1. The molecule has 0 bridgehead atoms. The Labute approximate surface area is 63.5 Å². The first-order valence-corrected chi connectivity index (χ1v) is 3.28. The summed E-state index contributed by atoms with van der Waals surface area (Å²) in [5, 5.41) is 9.10. The third-order valence-corrected chi connectivity index (χ3v) is 1.58. The molecule has 11 heavy (non-hydrogen) atoms. The van der Waals surface area contributed by atoms with Crippen molar-refractivity contribution in [2.24, 2.45) is 0 Å². The van der Waals surface area contributed by atoms with Crippen molar-refractivity contribution in [1.29, 1.82) is 0 Å². The normalized spacial score (nSPS) is 23.9. The molecule has 1 rings (SSSR count). The molecule has 0 saturated carbocycles. The number of hydrogen-bond acceptors (Lipinski definition) is 4. The van der Waals surface area contributed by atoms with Crippen molar-refractivity contribution in [1.82, 2.24) is 4.90 Å². The summed E-state index contributed by atoms with van der Waals surface area (Å²) in [4.78, 5) is 21.7. The molecular weight excluding hydrogens is 150 g/mol. The number of ether oxygens (including phenoxy) is 1. The Hall–Kier alpha value is -1.10. The second-order valence-electron chi connectivity index (χ2n) is 2.27. The summed E-state index contributed by atoms with van der Waals surface area (Å²) in [7, 11) is 0. The standard InChI is InChI=1S/C6H9NO4/c8-4-11-3-7-5(9)1-2-6(7)10/h4-5,9H,1-3H2. The summed E-state index contributed by atoms with van der Waals surface area (Å²) in [5.41, 5.74) is 0. The van der Waals surface area contributed by atoms with Gasteiger partial charge in [-0.1, -0.05) is 0 Å². The highest BCUT2D eigenvalue weighted by Gasteiger charge is 2.28. The maximum Gasteiger partial charge on any atom is 0.294 e. The highest BCUT2D eigenvalue weighted by Crippen LogP contribution is 2.15. The van der Waals surface area contributed by atoms with E-state index < -0.39 is 6.23 Å². The van der Waals surface area contributed by atoms with Gasteiger partial charge in [-0.15, -0.1) is 0 Å². The second-order valence-corrected chi connectivity index (χ2v) is 2.27. The zero-order chi connectivity index (χ0) is 8.27. The molecule has 1 saturated heterocycles. The van der Waals surface area contributed by atoms with Gasteiger partial charge in [0.2, 0.25) is 5.91 Å². The number of nitrogens with zero attached hydrogens (tertiary/aromatic N) is 1. The van der Waals surface area contributed by atoms with Gasteiger partial charge in [0, 0.05) is 12.8 Å². The smallest absolute Gasteiger partial charge is 0.294 e. The number of aliphatic hydroxyl groups is 1. The fraction of sp³-hybridized carbons (Fsp3) is 0.667. The van der Waals surface area contributed by atoms with E-state index in [2.05, 4.69) is 4.74 Å². The zero-order valence-electron chi connectivity index (χ0n) is 5.90. The number of carbonyl (C=O) groups excluding carboxylic acids is 2. The Morgan fingerprint density at radius 3 is 3.00 bits per heavy atom. The number of carbonyl (C=O) groups is 2. The summed E-state index contributed by atoms with van der Waals surface area (Å²) >= 11 is 0. The van der Waals surface area contributed by atoms with Crippen LogP contribution in [0.15, 0.2) is 0 Å². The third kappa shape index (κ3) is 1.68. The molecule has 0 aromatic carbocycles. The van der Waals surface area contributed by atoms with Crippen LogP contribution in [0, 0.1) is 0 Å². The van der Waals surface area contributed by atoms with E-state index in [1.807, 2.05) is 0 Å². The maximum absolute atomic E-state index is 10.9. The molecule has 1 N–H and O–H groups in total. The van der Waals surface area contributed by atoms with Gasteiger partial charge in [0.15, 0.2) is 6.73 Å². The molecule has 62 valence electrons. The summed E-state index contributed by atoms with van der Waals surface area (Å²) in [6, 6.07) is 0. The Morgan fingerprint density at radius 2 is 2.55 bits per heavy atom. The van der Waals surface area contributed by atoms with E-state index in [0.29, 0.717) is 12.8 Å². The molecule has 0 aliphatic carbocycles. The van der Waals surface area contributed by atoms with E-state index in [1.54, 1.807) is 0 Å². The topological polar surface area (TPSA) is 66.8 Å². The van der Waals surface area contributed by atoms with E-state index in [-0.39, 0.29) is 19.1 Å². The first-order chi connectivity index (χ1) is 5.25. The molecular formula is C6H9NO4. The van der Waals surface area contributed by atoms with Gasteiger partial charge in [0.25, 0.3) is 6.47 Å². The molecule has 1 amide bonds. The average molecular weight is 159 g/mol. The summed E-state index contributed by atoms with van der Waals surface area (Å²) in [6.45, 7) is 0.0990. The number of amides is 1. The zero-order valence-corrected chi connectivity index (χ0v) is 5.90. The Balaban J connectivity index is 2.41. The molecule has 5 nitrogen and oxygen atoms in total. The van der Waals surface area contributed by atoms with E-state index in [0.717, 1.165) is 4.90 Å². The van der Waals surface area contributed by atoms with Crippen molar-refractivity contribution < 1.29 is 19.4 Å². The van der Waals surface area contributed by atoms with Crippen LogP contribution in [0.3, 0.4) is 0 Å². The first-order valence-electron chi connectivity index (χ1n) is 3.28. The molecule has 1 atom stereocenters. The molecule has 1 aliphatic rings. The molecule has 5 heteroatoms. The second kappa shape index (κ2) is 3.34. The highest BCUT2D eigenvalue weighted by atomic mass is 16.5. The van der Waals surface area contributed by atoms with Crippen molar-refractivity contribution in [2.45, 2.75) is 19.1 Å². The van der Waals surface area contributed by atoms with Crippen LogP contribution in [-0.4, -0.2) is 35.3 Å². The molecule has 0 radical (unpaired) electrons. The van der Waals surface area contributed by atoms with Gasteiger partial charge in [-0.3, -0.25) is 14.5 Å². The Morgan fingerprint density at radius 1 is 1.82 bits per heavy atom. The fourth-order valence-electron chi connectivity index (χ4n) is 0.987. The van der Waals surface area contributed by atoms with Gasteiger partial charge in [-0.25, -0.2) is 0 Å². The quantitative estimate of drug-likeness (QED) is 0.539.